The van der Waals surface area contributed by atoms with Crippen LogP contribution in [0.4, 0.5) is 0 Å². The summed E-state index contributed by atoms with van der Waals surface area (Å²) in [6.07, 6.45) is 2.62. The molecule has 0 spiro atoms. The molecule has 0 aromatic heterocycles. The lowest BCUT2D eigenvalue weighted by Gasteiger charge is -2.08. The third-order valence-corrected chi connectivity index (χ3v) is 2.75. The zero-order chi connectivity index (χ0) is 13.7. The Hall–Kier alpha value is -2.55. The maximum Gasteiger partial charge on any atom is 0.328 e. The van der Waals surface area contributed by atoms with Crippen molar-refractivity contribution in [3.8, 4) is 16.9 Å². The Morgan fingerprint density at radius 1 is 1.11 bits per heavy atom. The third-order valence-electron chi connectivity index (χ3n) is 2.75. The minimum atomic E-state index is -0.978. The smallest absolute Gasteiger partial charge is 0.328 e. The van der Waals surface area contributed by atoms with E-state index in [1.54, 1.807) is 7.11 Å². The van der Waals surface area contributed by atoms with Gasteiger partial charge in [-0.25, -0.2) is 4.79 Å². The molecule has 3 heteroatoms. The molecule has 0 aliphatic carbocycles. The topological polar surface area (TPSA) is 46.5 Å². The van der Waals surface area contributed by atoms with E-state index in [4.69, 9.17) is 9.84 Å². The normalized spacial score (nSPS) is 10.6. The third kappa shape index (κ3) is 3.22. The predicted octanol–water partition coefficient (Wildman–Crippen LogP) is 3.46. The summed E-state index contributed by atoms with van der Waals surface area (Å²) in [4.78, 5) is 10.5. The molecule has 0 fully saturated rings. The van der Waals surface area contributed by atoms with Crippen molar-refractivity contribution in [3.05, 3.63) is 60.2 Å². The predicted molar refractivity (Wildman–Crippen MR) is 75.1 cm³/mol. The summed E-state index contributed by atoms with van der Waals surface area (Å²) in [6, 6.07) is 15.6. The van der Waals surface area contributed by atoms with Gasteiger partial charge < -0.3 is 9.84 Å². The molecule has 3 nitrogen and oxygen atoms in total. The fourth-order valence-corrected chi connectivity index (χ4v) is 1.82. The summed E-state index contributed by atoms with van der Waals surface area (Å²) in [5.74, 6) is -0.326. The van der Waals surface area contributed by atoms with Crippen LogP contribution in [0.5, 0.6) is 5.75 Å². The Bertz CT molecular complexity index is 601. The molecule has 0 amide bonds. The number of rotatable bonds is 4. The molecule has 0 heterocycles. The van der Waals surface area contributed by atoms with E-state index < -0.39 is 5.97 Å². The van der Waals surface area contributed by atoms with Gasteiger partial charge in [0.2, 0.25) is 0 Å². The number of benzene rings is 2. The molecular formula is C16H14O3. The van der Waals surface area contributed by atoms with Gasteiger partial charge in [-0.05, 0) is 23.3 Å². The largest absolute Gasteiger partial charge is 0.496 e. The Kier molecular flexibility index (Phi) is 3.98. The molecule has 2 aromatic rings. The van der Waals surface area contributed by atoms with Crippen LogP contribution < -0.4 is 4.74 Å². The summed E-state index contributed by atoms with van der Waals surface area (Å²) in [6.45, 7) is 0. The van der Waals surface area contributed by atoms with E-state index in [2.05, 4.69) is 0 Å². The van der Waals surface area contributed by atoms with Crippen LogP contribution in [0.1, 0.15) is 5.56 Å². The second kappa shape index (κ2) is 5.87. The minimum absolute atomic E-state index is 0.652. The Morgan fingerprint density at radius 2 is 1.84 bits per heavy atom. The number of carboxylic acids is 1. The minimum Gasteiger partial charge on any atom is -0.496 e. The van der Waals surface area contributed by atoms with Gasteiger partial charge in [-0.15, -0.1) is 0 Å². The number of carboxylic acid groups (broad SMARTS) is 1. The molecule has 0 saturated heterocycles. The Morgan fingerprint density at radius 3 is 2.47 bits per heavy atom. The first kappa shape index (κ1) is 12.9. The number of ether oxygens (including phenoxy) is 1. The van der Waals surface area contributed by atoms with Gasteiger partial charge in [-0.2, -0.15) is 0 Å². The molecule has 2 aromatic carbocycles. The zero-order valence-electron chi connectivity index (χ0n) is 10.5. The van der Waals surface area contributed by atoms with Crippen LogP contribution in [0.25, 0.3) is 17.2 Å². The van der Waals surface area contributed by atoms with E-state index in [0.717, 1.165) is 22.8 Å². The SMILES string of the molecule is COc1cc(-c2ccccc2)ccc1C=CC(=O)O. The maximum atomic E-state index is 10.5. The first-order valence-corrected chi connectivity index (χ1v) is 5.85. The monoisotopic (exact) mass is 254 g/mol. The fraction of sp³-hybridized carbons (Fsp3) is 0.0625. The molecule has 0 bridgehead atoms. The lowest BCUT2D eigenvalue weighted by Crippen LogP contribution is -1.90. The maximum absolute atomic E-state index is 10.5. The summed E-state index contributed by atoms with van der Waals surface area (Å²) in [7, 11) is 1.57. The summed E-state index contributed by atoms with van der Waals surface area (Å²) in [5.41, 5.74) is 2.86. The summed E-state index contributed by atoms with van der Waals surface area (Å²) < 4.78 is 5.30. The molecular weight excluding hydrogens is 240 g/mol. The lowest BCUT2D eigenvalue weighted by atomic mass is 10.0. The van der Waals surface area contributed by atoms with E-state index in [9.17, 15) is 4.79 Å². The Balaban J connectivity index is 2.39. The van der Waals surface area contributed by atoms with E-state index >= 15 is 0 Å². The van der Waals surface area contributed by atoms with Crippen LogP contribution in [0.2, 0.25) is 0 Å². The van der Waals surface area contributed by atoms with Gasteiger partial charge in [0.05, 0.1) is 7.11 Å². The van der Waals surface area contributed by atoms with Crippen molar-refractivity contribution in [2.75, 3.05) is 7.11 Å². The van der Waals surface area contributed by atoms with Crippen molar-refractivity contribution in [1.82, 2.24) is 0 Å². The molecule has 1 N–H and O–H groups in total. The highest BCUT2D eigenvalue weighted by Crippen LogP contribution is 2.27. The van der Waals surface area contributed by atoms with Crippen LogP contribution >= 0.6 is 0 Å². The second-order valence-corrected chi connectivity index (χ2v) is 3.99. The average Bonchev–Trinajstić information content (AvgIpc) is 2.45. The molecule has 0 unspecified atom stereocenters. The van der Waals surface area contributed by atoms with Crippen LogP contribution in [0.15, 0.2) is 54.6 Å². The van der Waals surface area contributed by atoms with Crippen molar-refractivity contribution in [2.24, 2.45) is 0 Å². The number of carbonyl (C=O) groups is 1. The van der Waals surface area contributed by atoms with Crippen molar-refractivity contribution in [3.63, 3.8) is 0 Å². The van der Waals surface area contributed by atoms with Crippen molar-refractivity contribution in [1.29, 1.82) is 0 Å². The highest BCUT2D eigenvalue weighted by Gasteiger charge is 2.04. The standard InChI is InChI=1S/C16H14O3/c1-19-15-11-14(12-5-3-2-4-6-12)8-7-13(15)9-10-16(17)18/h2-11H,1H3,(H,17,18). The van der Waals surface area contributed by atoms with Gasteiger partial charge in [-0.3, -0.25) is 0 Å². The van der Waals surface area contributed by atoms with E-state index in [0.29, 0.717) is 5.75 Å². The van der Waals surface area contributed by atoms with Gasteiger partial charge >= 0.3 is 5.97 Å². The van der Waals surface area contributed by atoms with Gasteiger partial charge in [0.25, 0.3) is 0 Å². The average molecular weight is 254 g/mol. The van der Waals surface area contributed by atoms with Crippen molar-refractivity contribution >= 4 is 12.0 Å². The molecule has 0 aliphatic heterocycles. The van der Waals surface area contributed by atoms with E-state index in [1.807, 2.05) is 48.5 Å². The first-order chi connectivity index (χ1) is 9.20. The van der Waals surface area contributed by atoms with E-state index in [-0.39, 0.29) is 0 Å². The van der Waals surface area contributed by atoms with Gasteiger partial charge in [0, 0.05) is 11.6 Å². The first-order valence-electron chi connectivity index (χ1n) is 5.85. The number of hydrogen-bond acceptors (Lipinski definition) is 2. The highest BCUT2D eigenvalue weighted by atomic mass is 16.5. The second-order valence-electron chi connectivity index (χ2n) is 3.99. The Labute approximate surface area is 111 Å². The molecule has 0 atom stereocenters. The quantitative estimate of drug-likeness (QED) is 0.850. The van der Waals surface area contributed by atoms with Gasteiger partial charge in [0.15, 0.2) is 0 Å². The van der Waals surface area contributed by atoms with Crippen LogP contribution in [-0.4, -0.2) is 18.2 Å². The number of hydrogen-bond donors (Lipinski definition) is 1. The molecule has 2 rings (SSSR count). The zero-order valence-corrected chi connectivity index (χ0v) is 10.5. The van der Waals surface area contributed by atoms with Gasteiger partial charge in [-0.1, -0.05) is 42.5 Å². The van der Waals surface area contributed by atoms with E-state index in [1.165, 1.54) is 6.08 Å². The molecule has 0 saturated carbocycles. The fourth-order valence-electron chi connectivity index (χ4n) is 1.82. The van der Waals surface area contributed by atoms with Gasteiger partial charge in [0.1, 0.15) is 5.75 Å². The molecule has 0 aliphatic rings. The summed E-state index contributed by atoms with van der Waals surface area (Å²) >= 11 is 0. The molecule has 96 valence electrons. The number of aliphatic carboxylic acids is 1. The molecule has 0 radical (unpaired) electrons. The summed E-state index contributed by atoms with van der Waals surface area (Å²) in [5, 5.41) is 8.64. The molecule has 19 heavy (non-hydrogen) atoms. The highest BCUT2D eigenvalue weighted by molar-refractivity contribution is 5.86. The van der Waals surface area contributed by atoms with Crippen LogP contribution in [0.3, 0.4) is 0 Å². The van der Waals surface area contributed by atoms with Crippen molar-refractivity contribution < 1.29 is 14.6 Å². The lowest BCUT2D eigenvalue weighted by molar-refractivity contribution is -0.131. The van der Waals surface area contributed by atoms with Crippen LogP contribution in [-0.2, 0) is 4.79 Å². The van der Waals surface area contributed by atoms with Crippen LogP contribution in [0, 0.1) is 0 Å². The van der Waals surface area contributed by atoms with Crippen molar-refractivity contribution in [2.45, 2.75) is 0 Å². The number of methoxy groups -OCH3 is 1.